The summed E-state index contributed by atoms with van der Waals surface area (Å²) < 4.78 is 26.1. The van der Waals surface area contributed by atoms with E-state index in [4.69, 9.17) is 4.84 Å². The second-order valence-electron chi connectivity index (χ2n) is 7.05. The molecule has 1 amide bonds. The number of nitrogens with one attached hydrogen (secondary N) is 1. The minimum atomic E-state index is -0.356. The lowest BCUT2D eigenvalue weighted by atomic mass is 10.0. The molecule has 1 saturated heterocycles. The number of hydrogen-bond donors (Lipinski definition) is 1. The Hall–Kier alpha value is -2.93. The first kappa shape index (κ1) is 18.4. The Labute approximate surface area is 162 Å². The SMILES string of the molecule is O=C(c1ccc(F)cc1)N1CCC[C@H](N2C=C(Cc3ccc(F)cc3)ON2)C1. The van der Waals surface area contributed by atoms with Crippen LogP contribution in [0.1, 0.15) is 28.8 Å². The number of allylic oxidation sites excluding steroid dienone is 1. The van der Waals surface area contributed by atoms with Crippen molar-refractivity contribution < 1.29 is 18.4 Å². The Kier molecular flexibility index (Phi) is 5.25. The van der Waals surface area contributed by atoms with Gasteiger partial charge in [-0.3, -0.25) is 9.80 Å². The highest BCUT2D eigenvalue weighted by molar-refractivity contribution is 5.94. The highest BCUT2D eigenvalue weighted by Crippen LogP contribution is 2.22. The highest BCUT2D eigenvalue weighted by atomic mass is 19.1. The number of rotatable bonds is 4. The third-order valence-electron chi connectivity index (χ3n) is 5.03. The number of benzene rings is 2. The Morgan fingerprint density at radius 3 is 2.46 bits per heavy atom. The lowest BCUT2D eigenvalue weighted by Crippen LogP contribution is -2.50. The van der Waals surface area contributed by atoms with E-state index in [-0.39, 0.29) is 23.6 Å². The molecule has 28 heavy (non-hydrogen) atoms. The fourth-order valence-corrected chi connectivity index (χ4v) is 3.53. The molecule has 2 aromatic rings. The fourth-order valence-electron chi connectivity index (χ4n) is 3.53. The second-order valence-corrected chi connectivity index (χ2v) is 7.05. The van der Waals surface area contributed by atoms with Crippen molar-refractivity contribution in [2.45, 2.75) is 25.3 Å². The van der Waals surface area contributed by atoms with Gasteiger partial charge in [-0.2, -0.15) is 0 Å². The van der Waals surface area contributed by atoms with Gasteiger partial charge in [-0.15, -0.1) is 0 Å². The van der Waals surface area contributed by atoms with E-state index in [9.17, 15) is 13.6 Å². The van der Waals surface area contributed by atoms with Gasteiger partial charge in [-0.25, -0.2) is 8.78 Å². The van der Waals surface area contributed by atoms with Gasteiger partial charge in [0.1, 0.15) is 17.4 Å². The number of hydrazine groups is 1. The first-order valence-corrected chi connectivity index (χ1v) is 9.29. The molecule has 2 heterocycles. The van der Waals surface area contributed by atoms with Crippen LogP contribution in [-0.4, -0.2) is 34.9 Å². The first-order chi connectivity index (χ1) is 13.6. The van der Waals surface area contributed by atoms with Gasteiger partial charge in [0.05, 0.1) is 12.2 Å². The van der Waals surface area contributed by atoms with E-state index in [0.717, 1.165) is 24.2 Å². The smallest absolute Gasteiger partial charge is 0.253 e. The van der Waals surface area contributed by atoms with Crippen LogP contribution in [0.25, 0.3) is 0 Å². The summed E-state index contributed by atoms with van der Waals surface area (Å²) in [5, 5.41) is 1.88. The monoisotopic (exact) mass is 385 g/mol. The van der Waals surface area contributed by atoms with Gasteiger partial charge >= 0.3 is 0 Å². The zero-order chi connectivity index (χ0) is 19.5. The molecule has 0 spiro atoms. The summed E-state index contributed by atoms with van der Waals surface area (Å²) in [5.41, 5.74) is 4.33. The largest absolute Gasteiger partial charge is 0.392 e. The van der Waals surface area contributed by atoms with Crippen LogP contribution in [0.3, 0.4) is 0 Å². The molecule has 0 aliphatic carbocycles. The van der Waals surface area contributed by atoms with Crippen molar-refractivity contribution in [3.63, 3.8) is 0 Å². The number of halogens is 2. The van der Waals surface area contributed by atoms with Crippen molar-refractivity contribution >= 4 is 5.91 Å². The van der Waals surface area contributed by atoms with Gasteiger partial charge in [-0.1, -0.05) is 17.7 Å². The van der Waals surface area contributed by atoms with Crippen LogP contribution in [0, 0.1) is 11.6 Å². The summed E-state index contributed by atoms with van der Waals surface area (Å²) in [6.07, 6.45) is 4.23. The molecule has 4 rings (SSSR count). The maximum Gasteiger partial charge on any atom is 0.253 e. The van der Waals surface area contributed by atoms with Crippen LogP contribution >= 0.6 is 0 Å². The number of amides is 1. The van der Waals surface area contributed by atoms with E-state index in [1.165, 1.54) is 36.4 Å². The van der Waals surface area contributed by atoms with E-state index < -0.39 is 0 Å². The standard InChI is InChI=1S/C21H21F2N3O2/c22-17-7-3-15(4-8-17)12-20-14-26(24-28-20)19-2-1-11-25(13-19)21(27)16-5-9-18(23)10-6-16/h3-10,14,19,24H,1-2,11-13H2/t19-/m0/s1. The molecule has 2 aromatic carbocycles. The van der Waals surface area contributed by atoms with Crippen LogP contribution in [0.4, 0.5) is 8.78 Å². The van der Waals surface area contributed by atoms with Gasteiger partial charge in [-0.05, 0) is 54.8 Å². The Morgan fingerprint density at radius 2 is 1.75 bits per heavy atom. The number of carbonyl (C=O) groups excluding carboxylic acids is 1. The van der Waals surface area contributed by atoms with Gasteiger partial charge in [0.15, 0.2) is 0 Å². The molecule has 146 valence electrons. The van der Waals surface area contributed by atoms with E-state index in [2.05, 4.69) is 5.59 Å². The van der Waals surface area contributed by atoms with Gasteiger partial charge in [0.2, 0.25) is 0 Å². The average molecular weight is 385 g/mol. The molecule has 0 bridgehead atoms. The lowest BCUT2D eigenvalue weighted by molar-refractivity contribution is -0.0189. The second kappa shape index (κ2) is 7.98. The summed E-state index contributed by atoms with van der Waals surface area (Å²) in [6, 6.07) is 12.0. The molecular weight excluding hydrogens is 364 g/mol. The highest BCUT2D eigenvalue weighted by Gasteiger charge is 2.30. The number of hydrogen-bond acceptors (Lipinski definition) is 4. The molecule has 0 aromatic heterocycles. The van der Waals surface area contributed by atoms with Crippen molar-refractivity contribution in [2.24, 2.45) is 0 Å². The summed E-state index contributed by atoms with van der Waals surface area (Å²) in [6.45, 7) is 1.22. The van der Waals surface area contributed by atoms with Gasteiger partial charge < -0.3 is 9.74 Å². The summed E-state index contributed by atoms with van der Waals surface area (Å²) in [4.78, 5) is 20.0. The number of nitrogens with zero attached hydrogens (tertiary/aromatic N) is 2. The maximum atomic E-state index is 13.1. The Bertz CT molecular complexity index is 868. The number of piperidine rings is 1. The van der Waals surface area contributed by atoms with E-state index in [1.807, 2.05) is 11.2 Å². The average Bonchev–Trinajstić information content (AvgIpc) is 3.18. The first-order valence-electron chi connectivity index (χ1n) is 9.29. The molecule has 2 aliphatic rings. The summed E-state index contributed by atoms with van der Waals surface area (Å²) in [5.74, 6) is 0.0113. The molecular formula is C21H21F2N3O2. The molecule has 1 fully saturated rings. The number of likely N-dealkylation sites (tertiary alicyclic amines) is 1. The number of carbonyl (C=O) groups is 1. The predicted octanol–water partition coefficient (Wildman–Crippen LogP) is 3.41. The Morgan fingerprint density at radius 1 is 1.07 bits per heavy atom. The molecule has 0 unspecified atom stereocenters. The fraction of sp³-hybridized carbons (Fsp3) is 0.286. The van der Waals surface area contributed by atoms with Gasteiger partial charge in [0.25, 0.3) is 5.91 Å². The molecule has 5 nitrogen and oxygen atoms in total. The normalized spacial score (nSPS) is 19.4. The topological polar surface area (TPSA) is 44.8 Å². The molecule has 1 atom stereocenters. The van der Waals surface area contributed by atoms with Crippen molar-refractivity contribution in [1.82, 2.24) is 15.5 Å². The van der Waals surface area contributed by atoms with Crippen LogP contribution in [0.2, 0.25) is 0 Å². The van der Waals surface area contributed by atoms with Crippen molar-refractivity contribution in [3.05, 3.63) is 83.3 Å². The van der Waals surface area contributed by atoms with Crippen LogP contribution in [0.15, 0.2) is 60.5 Å². The maximum absolute atomic E-state index is 13.1. The van der Waals surface area contributed by atoms with Crippen LogP contribution < -0.4 is 5.59 Å². The van der Waals surface area contributed by atoms with E-state index in [1.54, 1.807) is 17.0 Å². The zero-order valence-corrected chi connectivity index (χ0v) is 15.3. The molecule has 0 radical (unpaired) electrons. The van der Waals surface area contributed by atoms with E-state index >= 15 is 0 Å². The summed E-state index contributed by atoms with van der Waals surface area (Å²) >= 11 is 0. The molecule has 0 saturated carbocycles. The van der Waals surface area contributed by atoms with Gasteiger partial charge in [0, 0.05) is 25.1 Å². The molecule has 2 aliphatic heterocycles. The molecule has 1 N–H and O–H groups in total. The minimum absolute atomic E-state index is 0.0730. The minimum Gasteiger partial charge on any atom is -0.392 e. The quantitative estimate of drug-likeness (QED) is 0.876. The third kappa shape index (κ3) is 4.14. The van der Waals surface area contributed by atoms with Crippen molar-refractivity contribution in [1.29, 1.82) is 0 Å². The van der Waals surface area contributed by atoms with Crippen molar-refractivity contribution in [3.8, 4) is 0 Å². The lowest BCUT2D eigenvalue weighted by Gasteiger charge is -2.36. The Balaban J connectivity index is 1.39. The third-order valence-corrected chi connectivity index (χ3v) is 5.03. The summed E-state index contributed by atoms with van der Waals surface area (Å²) in [7, 11) is 0. The van der Waals surface area contributed by atoms with Crippen LogP contribution in [0.5, 0.6) is 0 Å². The van der Waals surface area contributed by atoms with Crippen molar-refractivity contribution in [2.75, 3.05) is 13.1 Å². The predicted molar refractivity (Wildman–Crippen MR) is 99.6 cm³/mol. The zero-order valence-electron chi connectivity index (χ0n) is 15.3. The molecule has 7 heteroatoms. The van der Waals surface area contributed by atoms with Crippen LogP contribution in [-0.2, 0) is 11.3 Å². The van der Waals surface area contributed by atoms with E-state index in [0.29, 0.717) is 25.1 Å².